The number of hydrogen-bond acceptors (Lipinski definition) is 3. The first-order valence-electron chi connectivity index (χ1n) is 7.55. The summed E-state index contributed by atoms with van der Waals surface area (Å²) in [5, 5.41) is 12.3. The van der Waals surface area contributed by atoms with Gasteiger partial charge in [0.15, 0.2) is 0 Å². The Kier molecular flexibility index (Phi) is 6.46. The number of carbonyl (C=O) groups excluding carboxylic acids is 1. The largest absolute Gasteiger partial charge is 0.481 e. The molecule has 0 aromatic heterocycles. The van der Waals surface area contributed by atoms with Crippen LogP contribution in [0.3, 0.4) is 0 Å². The summed E-state index contributed by atoms with van der Waals surface area (Å²) in [7, 11) is 0. The number of nitrogens with one attached hydrogen (secondary N) is 1. The molecular weight excluding hydrogens is 258 g/mol. The van der Waals surface area contributed by atoms with Crippen molar-refractivity contribution in [3.8, 4) is 0 Å². The summed E-state index contributed by atoms with van der Waals surface area (Å²) in [5.41, 5.74) is -0.860. The highest BCUT2D eigenvalue weighted by Gasteiger charge is 2.40. The van der Waals surface area contributed by atoms with Gasteiger partial charge in [-0.2, -0.15) is 0 Å². The zero-order valence-corrected chi connectivity index (χ0v) is 12.8. The van der Waals surface area contributed by atoms with Gasteiger partial charge in [-0.05, 0) is 18.8 Å². The number of carboxylic acids is 1. The first-order valence-corrected chi connectivity index (χ1v) is 7.55. The van der Waals surface area contributed by atoms with E-state index in [0.29, 0.717) is 32.0 Å². The summed E-state index contributed by atoms with van der Waals surface area (Å²) in [6.45, 7) is 7.18. The van der Waals surface area contributed by atoms with Crippen LogP contribution in [0.25, 0.3) is 0 Å². The van der Waals surface area contributed by atoms with Gasteiger partial charge in [-0.3, -0.25) is 9.59 Å². The summed E-state index contributed by atoms with van der Waals surface area (Å²) in [5.74, 6) is -0.594. The number of carboxylic acid groups (broad SMARTS) is 1. The van der Waals surface area contributed by atoms with Crippen molar-refractivity contribution in [2.24, 2.45) is 17.3 Å². The van der Waals surface area contributed by atoms with Gasteiger partial charge in [0.05, 0.1) is 5.41 Å². The van der Waals surface area contributed by atoms with Crippen LogP contribution in [0.2, 0.25) is 0 Å². The van der Waals surface area contributed by atoms with E-state index in [1.807, 2.05) is 6.92 Å². The van der Waals surface area contributed by atoms with Gasteiger partial charge in [-0.1, -0.05) is 33.6 Å². The molecule has 5 nitrogen and oxygen atoms in total. The van der Waals surface area contributed by atoms with Gasteiger partial charge in [0, 0.05) is 25.7 Å². The molecule has 0 saturated carbocycles. The average Bonchev–Trinajstić information content (AvgIpc) is 2.46. The van der Waals surface area contributed by atoms with Crippen LogP contribution in [0.5, 0.6) is 0 Å². The highest BCUT2D eigenvalue weighted by Crippen LogP contribution is 2.30. The molecule has 1 aliphatic rings. The van der Waals surface area contributed by atoms with E-state index in [9.17, 15) is 14.7 Å². The van der Waals surface area contributed by atoms with Crippen molar-refractivity contribution >= 4 is 11.9 Å². The third-order valence-corrected chi connectivity index (χ3v) is 4.67. The second-order valence-corrected chi connectivity index (χ2v) is 5.78. The number of rotatable bonds is 7. The Balaban J connectivity index is 2.59. The van der Waals surface area contributed by atoms with Crippen LogP contribution in [0, 0.1) is 17.3 Å². The van der Waals surface area contributed by atoms with Gasteiger partial charge < -0.3 is 15.2 Å². The van der Waals surface area contributed by atoms with Gasteiger partial charge in [0.1, 0.15) is 0 Å². The SMILES string of the molecule is CCC(CC)C(C)C(=O)NCC1(C(=O)O)CCOCC1. The monoisotopic (exact) mass is 285 g/mol. The molecule has 1 fully saturated rings. The van der Waals surface area contributed by atoms with E-state index in [2.05, 4.69) is 19.2 Å². The maximum Gasteiger partial charge on any atom is 0.311 e. The Bertz CT molecular complexity index is 333. The highest BCUT2D eigenvalue weighted by molar-refractivity contribution is 5.80. The lowest BCUT2D eigenvalue weighted by atomic mass is 9.80. The van der Waals surface area contributed by atoms with Crippen LogP contribution < -0.4 is 5.32 Å². The molecule has 0 aliphatic carbocycles. The molecule has 2 N–H and O–H groups in total. The van der Waals surface area contributed by atoms with Gasteiger partial charge in [0.2, 0.25) is 5.91 Å². The predicted molar refractivity (Wildman–Crippen MR) is 76.4 cm³/mol. The number of ether oxygens (including phenoxy) is 1. The molecule has 1 saturated heterocycles. The van der Waals surface area contributed by atoms with Gasteiger partial charge in [0.25, 0.3) is 0 Å². The minimum Gasteiger partial charge on any atom is -0.481 e. The van der Waals surface area contributed by atoms with Gasteiger partial charge >= 0.3 is 5.97 Å². The standard InChI is InChI=1S/C15H27NO4/c1-4-12(5-2)11(3)13(17)16-10-15(14(18)19)6-8-20-9-7-15/h11-12H,4-10H2,1-3H3,(H,16,17)(H,18,19). The Morgan fingerprint density at radius 1 is 1.25 bits per heavy atom. The van der Waals surface area contributed by atoms with Gasteiger partial charge in [-0.15, -0.1) is 0 Å². The van der Waals surface area contributed by atoms with E-state index in [4.69, 9.17) is 4.74 Å². The lowest BCUT2D eigenvalue weighted by Crippen LogP contribution is -2.48. The summed E-state index contributed by atoms with van der Waals surface area (Å²) >= 11 is 0. The lowest BCUT2D eigenvalue weighted by molar-refractivity contribution is -0.154. The fourth-order valence-electron chi connectivity index (χ4n) is 2.86. The van der Waals surface area contributed by atoms with Crippen molar-refractivity contribution in [3.05, 3.63) is 0 Å². The predicted octanol–water partition coefficient (Wildman–Crippen LogP) is 2.06. The number of amides is 1. The first-order chi connectivity index (χ1) is 9.46. The second kappa shape index (κ2) is 7.62. The van der Waals surface area contributed by atoms with E-state index in [1.165, 1.54) is 0 Å². The normalized spacial score (nSPS) is 19.6. The van der Waals surface area contributed by atoms with Crippen molar-refractivity contribution in [2.75, 3.05) is 19.8 Å². The molecule has 1 atom stereocenters. The van der Waals surface area contributed by atoms with Crippen LogP contribution >= 0.6 is 0 Å². The number of aliphatic carboxylic acids is 1. The molecule has 0 aromatic rings. The minimum absolute atomic E-state index is 0.0363. The average molecular weight is 285 g/mol. The zero-order chi connectivity index (χ0) is 15.2. The van der Waals surface area contributed by atoms with Crippen LogP contribution in [-0.2, 0) is 14.3 Å². The Morgan fingerprint density at radius 2 is 1.80 bits per heavy atom. The van der Waals surface area contributed by atoms with Crippen molar-refractivity contribution in [3.63, 3.8) is 0 Å². The van der Waals surface area contributed by atoms with Crippen molar-refractivity contribution in [2.45, 2.75) is 46.5 Å². The second-order valence-electron chi connectivity index (χ2n) is 5.78. The fraction of sp³-hybridized carbons (Fsp3) is 0.867. The number of carbonyl (C=O) groups is 2. The molecule has 0 spiro atoms. The molecule has 0 radical (unpaired) electrons. The summed E-state index contributed by atoms with van der Waals surface area (Å²) < 4.78 is 5.23. The van der Waals surface area contributed by atoms with E-state index in [-0.39, 0.29) is 18.4 Å². The molecule has 0 aromatic carbocycles. The third-order valence-electron chi connectivity index (χ3n) is 4.67. The molecule has 20 heavy (non-hydrogen) atoms. The number of hydrogen-bond donors (Lipinski definition) is 2. The molecule has 1 amide bonds. The maximum atomic E-state index is 12.2. The Morgan fingerprint density at radius 3 is 2.25 bits per heavy atom. The van der Waals surface area contributed by atoms with Crippen molar-refractivity contribution < 1.29 is 19.4 Å². The van der Waals surface area contributed by atoms with E-state index in [0.717, 1.165) is 12.8 Å². The van der Waals surface area contributed by atoms with Crippen LogP contribution in [0.4, 0.5) is 0 Å². The van der Waals surface area contributed by atoms with Crippen molar-refractivity contribution in [1.82, 2.24) is 5.32 Å². The molecule has 1 heterocycles. The van der Waals surface area contributed by atoms with E-state index in [1.54, 1.807) is 0 Å². The van der Waals surface area contributed by atoms with E-state index >= 15 is 0 Å². The van der Waals surface area contributed by atoms with Crippen LogP contribution in [-0.4, -0.2) is 36.7 Å². The zero-order valence-electron chi connectivity index (χ0n) is 12.8. The molecule has 0 bridgehead atoms. The van der Waals surface area contributed by atoms with Gasteiger partial charge in [-0.25, -0.2) is 0 Å². The highest BCUT2D eigenvalue weighted by atomic mass is 16.5. The van der Waals surface area contributed by atoms with Crippen molar-refractivity contribution in [1.29, 1.82) is 0 Å². The third kappa shape index (κ3) is 3.95. The summed E-state index contributed by atoms with van der Waals surface area (Å²) in [4.78, 5) is 23.7. The summed E-state index contributed by atoms with van der Waals surface area (Å²) in [6.07, 6.45) is 2.84. The van der Waals surface area contributed by atoms with E-state index < -0.39 is 11.4 Å². The molecular formula is C15H27NO4. The topological polar surface area (TPSA) is 75.6 Å². The Labute approximate surface area is 121 Å². The molecule has 1 aliphatic heterocycles. The summed E-state index contributed by atoms with van der Waals surface area (Å²) in [6, 6.07) is 0. The smallest absolute Gasteiger partial charge is 0.311 e. The quantitative estimate of drug-likeness (QED) is 0.750. The molecule has 1 rings (SSSR count). The first kappa shape index (κ1) is 17.0. The maximum absolute atomic E-state index is 12.2. The molecule has 5 heteroatoms. The van der Waals surface area contributed by atoms with Crippen LogP contribution in [0.1, 0.15) is 46.5 Å². The molecule has 116 valence electrons. The van der Waals surface area contributed by atoms with Crippen LogP contribution in [0.15, 0.2) is 0 Å². The minimum atomic E-state index is -0.860. The molecule has 1 unspecified atom stereocenters. The lowest BCUT2D eigenvalue weighted by Gasteiger charge is -2.33. The Hall–Kier alpha value is -1.10. The fourth-order valence-corrected chi connectivity index (χ4v) is 2.86.